The maximum absolute atomic E-state index is 11.1. The molecular formula is C21H43N5O8. The van der Waals surface area contributed by atoms with Gasteiger partial charge in [0.15, 0.2) is 0 Å². The van der Waals surface area contributed by atoms with Gasteiger partial charge in [-0.3, -0.25) is 9.48 Å². The number of amides is 1. The van der Waals surface area contributed by atoms with Crippen molar-refractivity contribution in [2.45, 2.75) is 39.3 Å². The highest BCUT2D eigenvalue weighted by Crippen LogP contribution is 2.22. The average Bonchev–Trinajstić information content (AvgIpc) is 3.30. The second-order valence-electron chi connectivity index (χ2n) is 8.11. The van der Waals surface area contributed by atoms with Gasteiger partial charge in [0.05, 0.1) is 83.2 Å². The lowest BCUT2D eigenvalue weighted by atomic mass is 9.91. The van der Waals surface area contributed by atoms with E-state index in [1.165, 1.54) is 4.68 Å². The monoisotopic (exact) mass is 493 g/mol. The predicted molar refractivity (Wildman–Crippen MR) is 123 cm³/mol. The number of carbonyl (C=O) groups excluding carboxylic acids is 1. The highest BCUT2D eigenvalue weighted by Gasteiger charge is 2.33. The fourth-order valence-electron chi connectivity index (χ4n) is 2.80. The molecular weight excluding hydrogens is 450 g/mol. The topological polar surface area (TPSA) is 219 Å². The molecule has 0 aliphatic carbocycles. The molecule has 0 bridgehead atoms. The van der Waals surface area contributed by atoms with E-state index in [2.05, 4.69) is 10.3 Å². The Balaban J connectivity index is 0.00000529. The van der Waals surface area contributed by atoms with E-state index in [-0.39, 0.29) is 66.0 Å². The van der Waals surface area contributed by atoms with Crippen molar-refractivity contribution in [3.8, 4) is 0 Å². The number of rotatable bonds is 19. The molecule has 13 nitrogen and oxygen atoms in total. The molecule has 1 aromatic heterocycles. The fourth-order valence-corrected chi connectivity index (χ4v) is 2.80. The van der Waals surface area contributed by atoms with Crippen LogP contribution < -0.4 is 11.5 Å². The molecule has 0 radical (unpaired) electrons. The summed E-state index contributed by atoms with van der Waals surface area (Å²) < 4.78 is 12.8. The van der Waals surface area contributed by atoms with Crippen LogP contribution in [0.5, 0.6) is 0 Å². The highest BCUT2D eigenvalue weighted by atomic mass is 16.5. The van der Waals surface area contributed by atoms with Crippen molar-refractivity contribution in [1.29, 1.82) is 0 Å². The molecule has 0 saturated heterocycles. The average molecular weight is 494 g/mol. The minimum Gasteiger partial charge on any atom is -0.396 e. The first-order valence-corrected chi connectivity index (χ1v) is 11.5. The van der Waals surface area contributed by atoms with E-state index in [0.29, 0.717) is 18.5 Å². The molecule has 0 aliphatic rings. The van der Waals surface area contributed by atoms with Gasteiger partial charge < -0.3 is 46.5 Å². The van der Waals surface area contributed by atoms with Gasteiger partial charge in [0, 0.05) is 18.0 Å². The summed E-state index contributed by atoms with van der Waals surface area (Å²) in [6, 6.07) is -0.782. The van der Waals surface area contributed by atoms with Crippen LogP contribution in [0.2, 0.25) is 0 Å². The molecule has 0 aromatic carbocycles. The molecule has 1 amide bonds. The minimum absolute atomic E-state index is 0.0324. The zero-order valence-corrected chi connectivity index (χ0v) is 20.3. The molecule has 34 heavy (non-hydrogen) atoms. The summed E-state index contributed by atoms with van der Waals surface area (Å²) in [6.07, 6.45) is 2.37. The summed E-state index contributed by atoms with van der Waals surface area (Å²) in [5.74, 6) is -1.50. The molecule has 0 spiro atoms. The summed E-state index contributed by atoms with van der Waals surface area (Å²) in [5.41, 5.74) is 10.4. The Labute approximate surface area is 200 Å². The Morgan fingerprint density at radius 1 is 1.03 bits per heavy atom. The first-order valence-electron chi connectivity index (χ1n) is 11.5. The largest absolute Gasteiger partial charge is 0.396 e. The van der Waals surface area contributed by atoms with Gasteiger partial charge in [0.1, 0.15) is 0 Å². The second-order valence-corrected chi connectivity index (χ2v) is 8.11. The third-order valence-corrected chi connectivity index (χ3v) is 5.05. The maximum atomic E-state index is 11.1. The summed E-state index contributed by atoms with van der Waals surface area (Å²) >= 11 is 0. The normalized spacial score (nSPS) is 12.6. The van der Waals surface area contributed by atoms with Gasteiger partial charge >= 0.3 is 0 Å². The number of nitrogens with two attached hydrogens (primary N) is 2. The van der Waals surface area contributed by atoms with E-state index >= 15 is 0 Å². The number of aromatic nitrogens is 3. The number of aliphatic hydroxyl groups is 5. The number of aliphatic hydroxyl groups excluding tert-OH is 5. The van der Waals surface area contributed by atoms with E-state index in [0.717, 1.165) is 0 Å². The van der Waals surface area contributed by atoms with Crippen LogP contribution in [0.15, 0.2) is 6.20 Å². The first kappa shape index (κ1) is 32.3. The van der Waals surface area contributed by atoms with Crippen LogP contribution in [0.4, 0.5) is 0 Å². The van der Waals surface area contributed by atoms with Crippen LogP contribution in [0.3, 0.4) is 0 Å². The van der Waals surface area contributed by atoms with E-state index in [1.54, 1.807) is 6.20 Å². The number of hydrogen-bond acceptors (Lipinski definition) is 11. The molecule has 1 heterocycles. The molecule has 0 fully saturated rings. The maximum Gasteiger partial charge on any atom is 0.234 e. The lowest BCUT2D eigenvalue weighted by molar-refractivity contribution is -0.119. The molecule has 200 valence electrons. The number of hydrogen-bond donors (Lipinski definition) is 7. The SMILES string of the molecule is CC.NC(=O)C(N)CCc1cn(CC(CO)(COCC(CO)CO)COCC(CO)CO)nn1. The van der Waals surface area contributed by atoms with Gasteiger partial charge in [-0.25, -0.2) is 0 Å². The summed E-state index contributed by atoms with van der Waals surface area (Å²) in [5, 5.41) is 55.1. The third kappa shape index (κ3) is 12.1. The smallest absolute Gasteiger partial charge is 0.234 e. The van der Waals surface area contributed by atoms with Crippen LogP contribution in [0.25, 0.3) is 0 Å². The predicted octanol–water partition coefficient (Wildman–Crippen LogP) is -2.74. The van der Waals surface area contributed by atoms with Gasteiger partial charge in [-0.2, -0.15) is 0 Å². The lowest BCUT2D eigenvalue weighted by Gasteiger charge is -2.32. The molecule has 0 saturated carbocycles. The molecule has 1 atom stereocenters. The van der Waals surface area contributed by atoms with Gasteiger partial charge in [0.2, 0.25) is 5.91 Å². The van der Waals surface area contributed by atoms with Crippen molar-refractivity contribution in [2.24, 2.45) is 28.7 Å². The molecule has 0 aliphatic heterocycles. The van der Waals surface area contributed by atoms with Crippen LogP contribution >= 0.6 is 0 Å². The van der Waals surface area contributed by atoms with Crippen molar-refractivity contribution >= 4 is 5.91 Å². The van der Waals surface area contributed by atoms with Crippen molar-refractivity contribution < 1.29 is 39.8 Å². The van der Waals surface area contributed by atoms with Crippen molar-refractivity contribution in [1.82, 2.24) is 15.0 Å². The Bertz CT molecular complexity index is 622. The summed E-state index contributed by atoms with van der Waals surface area (Å²) in [4.78, 5) is 11.1. The van der Waals surface area contributed by atoms with Crippen molar-refractivity contribution in [2.75, 3.05) is 59.5 Å². The van der Waals surface area contributed by atoms with Crippen LogP contribution in [0, 0.1) is 17.3 Å². The Morgan fingerprint density at radius 2 is 1.53 bits per heavy atom. The van der Waals surface area contributed by atoms with Gasteiger partial charge in [-0.05, 0) is 12.8 Å². The van der Waals surface area contributed by atoms with Crippen LogP contribution in [-0.4, -0.2) is 112 Å². The molecule has 1 aromatic rings. The quantitative estimate of drug-likeness (QED) is 0.105. The number of primary amides is 1. The Hall–Kier alpha value is -1.71. The standard InChI is InChI=1S/C19H37N5O8.C2H6/c20-17(18(21)30)2-1-16-3-24(23-22-16)10-19(11-29,12-31-8-14(4-25)5-26)13-32-9-15(6-27)7-28;1-2/h3,14-15,17,25-29H,1-2,4-13,20H2,(H2,21,30);1-2H3. The second kappa shape index (κ2) is 18.6. The number of nitrogens with zero attached hydrogens (tertiary/aromatic N) is 3. The van der Waals surface area contributed by atoms with E-state index in [4.69, 9.17) is 20.9 Å². The zero-order valence-electron chi connectivity index (χ0n) is 20.3. The van der Waals surface area contributed by atoms with Gasteiger partial charge in [-0.15, -0.1) is 5.10 Å². The van der Waals surface area contributed by atoms with Gasteiger partial charge in [0.25, 0.3) is 0 Å². The lowest BCUT2D eigenvalue weighted by Crippen LogP contribution is -2.42. The van der Waals surface area contributed by atoms with Gasteiger partial charge in [-0.1, -0.05) is 19.1 Å². The van der Waals surface area contributed by atoms with Crippen molar-refractivity contribution in [3.05, 3.63) is 11.9 Å². The minimum atomic E-state index is -0.945. The third-order valence-electron chi connectivity index (χ3n) is 5.05. The van der Waals surface area contributed by atoms with Crippen LogP contribution in [-0.2, 0) is 27.2 Å². The summed E-state index contributed by atoms with van der Waals surface area (Å²) in [7, 11) is 0. The molecule has 1 unspecified atom stereocenters. The molecule has 9 N–H and O–H groups in total. The molecule has 1 rings (SSSR count). The summed E-state index contributed by atoms with van der Waals surface area (Å²) in [6.45, 7) is 3.10. The van der Waals surface area contributed by atoms with Crippen molar-refractivity contribution in [3.63, 3.8) is 0 Å². The van der Waals surface area contributed by atoms with E-state index < -0.39 is 29.2 Å². The highest BCUT2D eigenvalue weighted by molar-refractivity contribution is 5.79. The van der Waals surface area contributed by atoms with Crippen LogP contribution in [0.1, 0.15) is 26.0 Å². The Kier molecular flexibility index (Phi) is 17.7. The Morgan fingerprint density at radius 3 is 1.94 bits per heavy atom. The number of ether oxygens (including phenoxy) is 2. The number of aryl methyl sites for hydroxylation is 1. The molecule has 13 heteroatoms. The fraction of sp³-hybridized carbons (Fsp3) is 0.857. The number of carbonyl (C=O) groups is 1. The van der Waals surface area contributed by atoms with E-state index in [9.17, 15) is 30.3 Å². The van der Waals surface area contributed by atoms with E-state index in [1.807, 2.05) is 13.8 Å². The first-order chi connectivity index (χ1) is 16.3. The zero-order chi connectivity index (χ0) is 26.0.